The lowest BCUT2D eigenvalue weighted by Crippen LogP contribution is -2.39. The Hall–Kier alpha value is -1.88. The molecular weight excluding hydrogens is 230 g/mol. The van der Waals surface area contributed by atoms with Crippen molar-refractivity contribution in [2.45, 2.75) is 18.4 Å². The van der Waals surface area contributed by atoms with Crippen molar-refractivity contribution in [1.82, 2.24) is 15.1 Å². The van der Waals surface area contributed by atoms with Crippen LogP contribution in [0.25, 0.3) is 10.9 Å². The first-order valence-corrected chi connectivity index (χ1v) is 6.00. The van der Waals surface area contributed by atoms with Crippen LogP contribution in [0.4, 0.5) is 0 Å². The van der Waals surface area contributed by atoms with E-state index in [0.717, 1.165) is 23.7 Å². The lowest BCUT2D eigenvalue weighted by atomic mass is 10.2. The number of carbonyl (C=O) groups is 1. The zero-order valence-electron chi connectivity index (χ0n) is 10.2. The first kappa shape index (κ1) is 11.2. The van der Waals surface area contributed by atoms with Crippen LogP contribution in [-0.4, -0.2) is 32.9 Å². The molecule has 0 unspecified atom stereocenters. The maximum absolute atomic E-state index is 12.2. The van der Waals surface area contributed by atoms with Crippen molar-refractivity contribution in [2.75, 3.05) is 6.61 Å². The van der Waals surface area contributed by atoms with Gasteiger partial charge in [-0.25, -0.2) is 0 Å². The highest BCUT2D eigenvalue weighted by Gasteiger charge is 2.44. The van der Waals surface area contributed by atoms with E-state index in [1.807, 2.05) is 31.3 Å². The van der Waals surface area contributed by atoms with E-state index in [0.29, 0.717) is 5.69 Å². The predicted molar refractivity (Wildman–Crippen MR) is 67.2 cm³/mol. The SMILES string of the molecule is Cn1nc(C(=O)NC2(CO)CC2)c2ccccc21. The van der Waals surface area contributed by atoms with Crippen molar-refractivity contribution in [2.24, 2.45) is 7.05 Å². The quantitative estimate of drug-likeness (QED) is 0.841. The van der Waals surface area contributed by atoms with Crippen molar-refractivity contribution in [3.05, 3.63) is 30.0 Å². The van der Waals surface area contributed by atoms with Crippen LogP contribution in [0.5, 0.6) is 0 Å². The van der Waals surface area contributed by atoms with Crippen LogP contribution in [0.1, 0.15) is 23.3 Å². The molecule has 0 spiro atoms. The highest BCUT2D eigenvalue weighted by Crippen LogP contribution is 2.35. The van der Waals surface area contributed by atoms with Crippen LogP contribution in [0.3, 0.4) is 0 Å². The molecular formula is C13H15N3O2. The Kier molecular flexibility index (Phi) is 2.38. The minimum absolute atomic E-state index is 0.0104. The number of benzene rings is 1. The number of aryl methyl sites for hydroxylation is 1. The van der Waals surface area contributed by atoms with Crippen LogP contribution in [-0.2, 0) is 7.05 Å². The molecule has 1 saturated carbocycles. The molecule has 2 aromatic rings. The normalized spacial score (nSPS) is 16.8. The largest absolute Gasteiger partial charge is 0.394 e. The lowest BCUT2D eigenvalue weighted by molar-refractivity contribution is 0.0902. The molecule has 1 aromatic carbocycles. The zero-order valence-corrected chi connectivity index (χ0v) is 10.2. The van der Waals surface area contributed by atoms with Crippen LogP contribution < -0.4 is 5.32 Å². The molecule has 0 radical (unpaired) electrons. The van der Waals surface area contributed by atoms with Gasteiger partial charge in [0.2, 0.25) is 0 Å². The second-order valence-electron chi connectivity index (χ2n) is 4.88. The van der Waals surface area contributed by atoms with Crippen molar-refractivity contribution in [3.8, 4) is 0 Å². The number of nitrogens with one attached hydrogen (secondary N) is 1. The van der Waals surface area contributed by atoms with Gasteiger partial charge in [-0.3, -0.25) is 9.48 Å². The summed E-state index contributed by atoms with van der Waals surface area (Å²) in [5.41, 5.74) is 0.944. The Morgan fingerprint density at radius 2 is 2.22 bits per heavy atom. The van der Waals surface area contributed by atoms with Gasteiger partial charge < -0.3 is 10.4 Å². The Bertz CT molecular complexity index is 614. The second-order valence-corrected chi connectivity index (χ2v) is 4.88. The summed E-state index contributed by atoms with van der Waals surface area (Å²) in [5.74, 6) is -0.210. The fraction of sp³-hybridized carbons (Fsp3) is 0.385. The van der Waals surface area contributed by atoms with E-state index in [1.54, 1.807) is 4.68 Å². The highest BCUT2D eigenvalue weighted by molar-refractivity contribution is 6.05. The average molecular weight is 245 g/mol. The van der Waals surface area contributed by atoms with E-state index in [2.05, 4.69) is 10.4 Å². The second kappa shape index (κ2) is 3.81. The lowest BCUT2D eigenvalue weighted by Gasteiger charge is -2.12. The molecule has 5 nitrogen and oxygen atoms in total. The molecule has 0 bridgehead atoms. The van der Waals surface area contributed by atoms with Crippen molar-refractivity contribution < 1.29 is 9.90 Å². The van der Waals surface area contributed by atoms with Gasteiger partial charge in [-0.2, -0.15) is 5.10 Å². The van der Waals surface area contributed by atoms with Gasteiger partial charge in [0.25, 0.3) is 5.91 Å². The standard InChI is InChI=1S/C13H15N3O2/c1-16-10-5-3-2-4-9(10)11(15-16)12(18)14-13(8-17)6-7-13/h2-5,17H,6-8H2,1H3,(H,14,18). The smallest absolute Gasteiger partial charge is 0.272 e. The molecule has 1 aromatic heterocycles. The van der Waals surface area contributed by atoms with Gasteiger partial charge >= 0.3 is 0 Å². The zero-order chi connectivity index (χ0) is 12.8. The van der Waals surface area contributed by atoms with Gasteiger partial charge in [-0.15, -0.1) is 0 Å². The number of hydrogen-bond acceptors (Lipinski definition) is 3. The summed E-state index contributed by atoms with van der Waals surface area (Å²) in [5, 5.41) is 17.2. The molecule has 5 heteroatoms. The monoisotopic (exact) mass is 245 g/mol. The molecule has 18 heavy (non-hydrogen) atoms. The van der Waals surface area contributed by atoms with Gasteiger partial charge in [0.15, 0.2) is 5.69 Å². The van der Waals surface area contributed by atoms with Gasteiger partial charge in [-0.05, 0) is 18.9 Å². The maximum atomic E-state index is 12.2. The fourth-order valence-corrected chi connectivity index (χ4v) is 2.16. The molecule has 0 atom stereocenters. The molecule has 0 aliphatic heterocycles. The summed E-state index contributed by atoms with van der Waals surface area (Å²) < 4.78 is 1.70. The van der Waals surface area contributed by atoms with Crippen LogP contribution in [0.15, 0.2) is 24.3 Å². The molecule has 1 amide bonds. The van der Waals surface area contributed by atoms with E-state index < -0.39 is 5.54 Å². The Morgan fingerprint density at radius 1 is 1.50 bits per heavy atom. The predicted octanol–water partition coefficient (Wildman–Crippen LogP) is 0.828. The summed E-state index contributed by atoms with van der Waals surface area (Å²) in [4.78, 5) is 12.2. The summed E-state index contributed by atoms with van der Waals surface area (Å²) in [6.07, 6.45) is 1.67. The summed E-state index contributed by atoms with van der Waals surface area (Å²) in [6, 6.07) is 7.62. The van der Waals surface area contributed by atoms with E-state index in [1.165, 1.54) is 0 Å². The third kappa shape index (κ3) is 1.67. The number of aromatic nitrogens is 2. The summed E-state index contributed by atoms with van der Waals surface area (Å²) in [6.45, 7) is -0.0104. The van der Waals surface area contributed by atoms with Crippen molar-refractivity contribution >= 4 is 16.8 Å². The van der Waals surface area contributed by atoms with E-state index in [-0.39, 0.29) is 12.5 Å². The highest BCUT2D eigenvalue weighted by atomic mass is 16.3. The molecule has 1 fully saturated rings. The molecule has 0 saturated heterocycles. The third-order valence-electron chi connectivity index (χ3n) is 3.51. The van der Waals surface area contributed by atoms with Crippen LogP contribution in [0.2, 0.25) is 0 Å². The molecule has 1 aliphatic carbocycles. The number of aliphatic hydroxyl groups is 1. The first-order valence-electron chi connectivity index (χ1n) is 6.00. The number of para-hydroxylation sites is 1. The van der Waals surface area contributed by atoms with Gasteiger partial charge in [0.05, 0.1) is 17.7 Å². The first-order chi connectivity index (χ1) is 8.65. The fourth-order valence-electron chi connectivity index (χ4n) is 2.16. The van der Waals surface area contributed by atoms with Crippen molar-refractivity contribution in [3.63, 3.8) is 0 Å². The third-order valence-corrected chi connectivity index (χ3v) is 3.51. The molecule has 94 valence electrons. The summed E-state index contributed by atoms with van der Waals surface area (Å²) in [7, 11) is 1.82. The molecule has 3 rings (SSSR count). The number of rotatable bonds is 3. The minimum Gasteiger partial charge on any atom is -0.394 e. The van der Waals surface area contributed by atoms with Crippen LogP contribution in [0, 0.1) is 0 Å². The minimum atomic E-state index is -0.407. The number of nitrogens with zero attached hydrogens (tertiary/aromatic N) is 2. The van der Waals surface area contributed by atoms with E-state index in [4.69, 9.17) is 0 Å². The summed E-state index contributed by atoms with van der Waals surface area (Å²) >= 11 is 0. The van der Waals surface area contributed by atoms with Crippen LogP contribution >= 0.6 is 0 Å². The number of fused-ring (bicyclic) bond motifs is 1. The van der Waals surface area contributed by atoms with E-state index >= 15 is 0 Å². The van der Waals surface area contributed by atoms with E-state index in [9.17, 15) is 9.90 Å². The Balaban J connectivity index is 1.97. The number of carbonyl (C=O) groups excluding carboxylic acids is 1. The molecule has 1 aliphatic rings. The molecule has 1 heterocycles. The average Bonchev–Trinajstić information content (AvgIpc) is 3.08. The Labute approximate surface area is 104 Å². The van der Waals surface area contributed by atoms with Crippen molar-refractivity contribution in [1.29, 1.82) is 0 Å². The molecule has 2 N–H and O–H groups in total. The van der Waals surface area contributed by atoms with Gasteiger partial charge in [0.1, 0.15) is 0 Å². The maximum Gasteiger partial charge on any atom is 0.272 e. The number of aliphatic hydroxyl groups excluding tert-OH is 1. The number of hydrogen-bond donors (Lipinski definition) is 2. The topological polar surface area (TPSA) is 67.2 Å². The van der Waals surface area contributed by atoms with Gasteiger partial charge in [0, 0.05) is 12.4 Å². The number of amides is 1. The van der Waals surface area contributed by atoms with Gasteiger partial charge in [-0.1, -0.05) is 18.2 Å². The Morgan fingerprint density at radius 3 is 2.89 bits per heavy atom.